The first-order chi connectivity index (χ1) is 18.1. The molecule has 5 rings (SSSR count). The van der Waals surface area contributed by atoms with E-state index in [-0.39, 0.29) is 12.3 Å². The number of carbonyl (C=O) groups is 1. The Morgan fingerprint density at radius 1 is 1.05 bits per heavy atom. The molecule has 2 heterocycles. The molecule has 0 amide bonds. The molecule has 3 aromatic carbocycles. The van der Waals surface area contributed by atoms with Crippen LogP contribution in [0.5, 0.6) is 5.75 Å². The van der Waals surface area contributed by atoms with Crippen LogP contribution < -0.4 is 15.4 Å². The summed E-state index contributed by atoms with van der Waals surface area (Å²) in [5, 5.41) is 7.97. The van der Waals surface area contributed by atoms with Gasteiger partial charge in [0.15, 0.2) is 6.23 Å². The number of nitrogens with one attached hydrogen (secondary N) is 2. The van der Waals surface area contributed by atoms with Gasteiger partial charge in [0.2, 0.25) is 0 Å². The van der Waals surface area contributed by atoms with E-state index in [1.165, 1.54) is 0 Å². The number of benzene rings is 3. The quantitative estimate of drug-likeness (QED) is 0.244. The van der Waals surface area contributed by atoms with Gasteiger partial charge < -0.3 is 20.1 Å². The number of piperidine rings is 1. The molecule has 0 saturated carbocycles. The van der Waals surface area contributed by atoms with Crippen molar-refractivity contribution in [2.24, 2.45) is 0 Å². The van der Waals surface area contributed by atoms with Crippen LogP contribution in [0.4, 0.5) is 17.2 Å². The molecule has 0 bridgehead atoms. The molecule has 2 N–H and O–H groups in total. The normalized spacial score (nSPS) is 15.2. The number of fused-ring (bicyclic) bond motifs is 1. The molecule has 1 atom stereocenters. The van der Waals surface area contributed by atoms with Gasteiger partial charge in [-0.3, -0.25) is 9.69 Å². The molecular weight excluding hydrogens is 534 g/mol. The highest BCUT2D eigenvalue weighted by atomic mass is 79.9. The number of carbonyl (C=O) groups excluding carboxylic acids is 1. The van der Waals surface area contributed by atoms with Crippen LogP contribution in [0.3, 0.4) is 0 Å². The molecule has 0 aliphatic carbocycles. The lowest BCUT2D eigenvalue weighted by Gasteiger charge is -2.37. The van der Waals surface area contributed by atoms with E-state index in [0.717, 1.165) is 69.8 Å². The van der Waals surface area contributed by atoms with Gasteiger partial charge >= 0.3 is 0 Å². The molecule has 1 aromatic heterocycles. The molecule has 1 fully saturated rings. The van der Waals surface area contributed by atoms with Gasteiger partial charge in [0.05, 0.1) is 18.3 Å². The van der Waals surface area contributed by atoms with E-state index in [1.807, 2.05) is 66.7 Å². The van der Waals surface area contributed by atoms with Crippen LogP contribution >= 0.6 is 15.9 Å². The number of methoxy groups -OCH3 is 1. The SMILES string of the molecule is COc1cc2ncnc(Nc3cccc(Br)c3)c2cc1NC1CCN(C(OC=O)c2ccccc2)CC1. The Morgan fingerprint density at radius 3 is 2.59 bits per heavy atom. The summed E-state index contributed by atoms with van der Waals surface area (Å²) >= 11 is 3.52. The van der Waals surface area contributed by atoms with Crippen LogP contribution in [0.15, 0.2) is 77.5 Å². The van der Waals surface area contributed by atoms with Crippen molar-refractivity contribution in [2.75, 3.05) is 30.8 Å². The molecule has 4 aromatic rings. The van der Waals surface area contributed by atoms with Crippen LogP contribution in [-0.2, 0) is 9.53 Å². The predicted octanol–water partition coefficient (Wildman–Crippen LogP) is 5.89. The summed E-state index contributed by atoms with van der Waals surface area (Å²) in [6.45, 7) is 2.11. The molecule has 0 spiro atoms. The third-order valence-electron chi connectivity index (χ3n) is 6.53. The third-order valence-corrected chi connectivity index (χ3v) is 7.03. The van der Waals surface area contributed by atoms with Gasteiger partial charge in [-0.05, 0) is 37.1 Å². The first kappa shape index (κ1) is 25.0. The van der Waals surface area contributed by atoms with E-state index < -0.39 is 0 Å². The fourth-order valence-corrected chi connectivity index (χ4v) is 5.11. The van der Waals surface area contributed by atoms with E-state index in [2.05, 4.69) is 41.4 Å². The maximum Gasteiger partial charge on any atom is 0.294 e. The monoisotopic (exact) mass is 561 g/mol. The van der Waals surface area contributed by atoms with E-state index in [0.29, 0.717) is 6.47 Å². The average Bonchev–Trinajstić information content (AvgIpc) is 2.93. The molecule has 37 heavy (non-hydrogen) atoms. The Hall–Kier alpha value is -3.69. The summed E-state index contributed by atoms with van der Waals surface area (Å²) in [5.74, 6) is 1.45. The van der Waals surface area contributed by atoms with Crippen LogP contribution in [0.1, 0.15) is 24.6 Å². The van der Waals surface area contributed by atoms with Crippen molar-refractivity contribution >= 4 is 50.5 Å². The summed E-state index contributed by atoms with van der Waals surface area (Å²) in [6.07, 6.45) is 2.95. The van der Waals surface area contributed by atoms with Crippen molar-refractivity contribution in [3.8, 4) is 5.75 Å². The second-order valence-electron chi connectivity index (χ2n) is 8.88. The van der Waals surface area contributed by atoms with Gasteiger partial charge in [-0.25, -0.2) is 9.97 Å². The number of ether oxygens (including phenoxy) is 2. The topological polar surface area (TPSA) is 88.6 Å². The lowest BCUT2D eigenvalue weighted by Crippen LogP contribution is -2.41. The fraction of sp³-hybridized carbons (Fsp3) is 0.250. The summed E-state index contributed by atoms with van der Waals surface area (Å²) in [5.41, 5.74) is 3.59. The fourth-order valence-electron chi connectivity index (χ4n) is 4.71. The van der Waals surface area contributed by atoms with Gasteiger partial charge in [0.1, 0.15) is 17.9 Å². The van der Waals surface area contributed by atoms with Crippen molar-refractivity contribution in [2.45, 2.75) is 25.1 Å². The second kappa shape index (κ2) is 11.6. The maximum absolute atomic E-state index is 11.2. The molecule has 1 aliphatic rings. The molecule has 1 unspecified atom stereocenters. The van der Waals surface area contributed by atoms with E-state index in [4.69, 9.17) is 9.47 Å². The van der Waals surface area contributed by atoms with Gasteiger partial charge in [0, 0.05) is 46.3 Å². The number of hydrogen-bond donors (Lipinski definition) is 2. The van der Waals surface area contributed by atoms with E-state index >= 15 is 0 Å². The van der Waals surface area contributed by atoms with Crippen molar-refractivity contribution < 1.29 is 14.3 Å². The summed E-state index contributed by atoms with van der Waals surface area (Å²) < 4.78 is 12.1. The molecule has 190 valence electrons. The van der Waals surface area contributed by atoms with Crippen LogP contribution in [0.25, 0.3) is 10.9 Å². The van der Waals surface area contributed by atoms with Crippen molar-refractivity contribution in [1.29, 1.82) is 0 Å². The highest BCUT2D eigenvalue weighted by molar-refractivity contribution is 9.10. The standard InChI is InChI=1S/C28H28BrN5O3/c1-36-26-16-24-23(27(31-17-30-24)33-22-9-5-8-20(29)14-22)15-25(26)32-21-10-12-34(13-11-21)28(37-18-35)19-6-3-2-4-7-19/h2-9,14-18,21,28,32H,10-13H2,1H3,(H,30,31,33). The lowest BCUT2D eigenvalue weighted by molar-refractivity contribution is -0.145. The Labute approximate surface area is 224 Å². The zero-order chi connectivity index (χ0) is 25.6. The third kappa shape index (κ3) is 5.84. The molecular formula is C28H28BrN5O3. The van der Waals surface area contributed by atoms with Gasteiger partial charge in [-0.1, -0.05) is 52.3 Å². The molecule has 1 aliphatic heterocycles. The highest BCUT2D eigenvalue weighted by Crippen LogP contribution is 2.35. The minimum absolute atomic E-state index is 0.237. The van der Waals surface area contributed by atoms with E-state index in [1.54, 1.807) is 13.4 Å². The number of anilines is 3. The minimum Gasteiger partial charge on any atom is -0.495 e. The number of nitrogens with zero attached hydrogens (tertiary/aromatic N) is 3. The minimum atomic E-state index is -0.376. The van der Waals surface area contributed by atoms with Crippen LogP contribution in [-0.4, -0.2) is 47.6 Å². The second-order valence-corrected chi connectivity index (χ2v) is 9.79. The van der Waals surface area contributed by atoms with Crippen LogP contribution in [0, 0.1) is 0 Å². The Balaban J connectivity index is 1.33. The number of halogens is 1. The predicted molar refractivity (Wildman–Crippen MR) is 148 cm³/mol. The summed E-state index contributed by atoms with van der Waals surface area (Å²) in [6, 6.07) is 22.0. The van der Waals surface area contributed by atoms with Crippen molar-refractivity contribution in [3.05, 3.63) is 83.1 Å². The van der Waals surface area contributed by atoms with Gasteiger partial charge in [-0.15, -0.1) is 0 Å². The van der Waals surface area contributed by atoms with Crippen molar-refractivity contribution in [1.82, 2.24) is 14.9 Å². The highest BCUT2D eigenvalue weighted by Gasteiger charge is 2.27. The number of hydrogen-bond acceptors (Lipinski definition) is 8. The number of likely N-dealkylation sites (tertiary alicyclic amines) is 1. The summed E-state index contributed by atoms with van der Waals surface area (Å²) in [7, 11) is 1.66. The van der Waals surface area contributed by atoms with E-state index in [9.17, 15) is 4.79 Å². The van der Waals surface area contributed by atoms with Gasteiger partial charge in [-0.2, -0.15) is 0 Å². The Bertz CT molecular complexity index is 1360. The largest absolute Gasteiger partial charge is 0.495 e. The molecule has 8 nitrogen and oxygen atoms in total. The summed E-state index contributed by atoms with van der Waals surface area (Å²) in [4.78, 5) is 22.3. The first-order valence-electron chi connectivity index (χ1n) is 12.1. The van der Waals surface area contributed by atoms with Crippen molar-refractivity contribution in [3.63, 3.8) is 0 Å². The zero-order valence-electron chi connectivity index (χ0n) is 20.4. The number of aromatic nitrogens is 2. The number of rotatable bonds is 9. The van der Waals surface area contributed by atoms with Gasteiger partial charge in [0.25, 0.3) is 6.47 Å². The average molecular weight is 562 g/mol. The first-order valence-corrected chi connectivity index (χ1v) is 12.9. The molecule has 0 radical (unpaired) electrons. The molecule has 1 saturated heterocycles. The lowest BCUT2D eigenvalue weighted by atomic mass is 10.0. The Morgan fingerprint density at radius 2 is 1.86 bits per heavy atom. The van der Waals surface area contributed by atoms with Crippen LogP contribution in [0.2, 0.25) is 0 Å². The smallest absolute Gasteiger partial charge is 0.294 e. The molecule has 9 heteroatoms. The zero-order valence-corrected chi connectivity index (χ0v) is 22.0. The Kier molecular flexibility index (Phi) is 7.82. The maximum atomic E-state index is 11.2.